The fourth-order valence-electron chi connectivity index (χ4n) is 6.37. The van der Waals surface area contributed by atoms with Crippen LogP contribution in [0.5, 0.6) is 0 Å². The topological polar surface area (TPSA) is 383 Å². The number of H-pyrrole nitrogens is 1. The number of aromatic amines is 1. The van der Waals surface area contributed by atoms with Crippen LogP contribution in [0.4, 0.5) is 0 Å². The fraction of sp³-hybridized carbons (Fsp3) is 0.575. The number of thiol groups is 1. The number of guanidine groups is 2. The molecule has 0 spiro atoms. The predicted octanol–water partition coefficient (Wildman–Crippen LogP) is -2.21. The second kappa shape index (κ2) is 27.1. The van der Waals surface area contributed by atoms with E-state index in [1.54, 1.807) is 27.0 Å². The van der Waals surface area contributed by atoms with Gasteiger partial charge >= 0.3 is 5.97 Å². The van der Waals surface area contributed by atoms with Gasteiger partial charge in [0.25, 0.3) is 0 Å². The van der Waals surface area contributed by atoms with E-state index in [1.165, 1.54) is 0 Å². The molecule has 0 fully saturated rings. The van der Waals surface area contributed by atoms with Crippen LogP contribution in [0, 0.1) is 11.8 Å². The van der Waals surface area contributed by atoms with Crippen molar-refractivity contribution in [2.24, 2.45) is 50.5 Å². The summed E-state index contributed by atoms with van der Waals surface area (Å²) in [6.07, 6.45) is 3.12. The highest BCUT2D eigenvalue weighted by molar-refractivity contribution is 7.80. The van der Waals surface area contributed by atoms with Gasteiger partial charge in [0.05, 0.1) is 12.6 Å². The number of nitrogens with zero attached hydrogens (tertiary/aromatic N) is 2. The van der Waals surface area contributed by atoms with Crippen molar-refractivity contribution in [1.29, 1.82) is 0 Å². The lowest BCUT2D eigenvalue weighted by atomic mass is 9.96. The molecule has 6 amide bonds. The molecule has 0 saturated heterocycles. The van der Waals surface area contributed by atoms with Crippen LogP contribution in [0.25, 0.3) is 10.9 Å². The first-order chi connectivity index (χ1) is 29.8. The highest BCUT2D eigenvalue weighted by Crippen LogP contribution is 2.19. The number of amides is 6. The normalized spacial score (nSPS) is 14.4. The minimum atomic E-state index is -1.30. The van der Waals surface area contributed by atoms with E-state index in [0.717, 1.165) is 16.5 Å². The number of carboxylic acids is 1. The molecule has 1 aromatic heterocycles. The van der Waals surface area contributed by atoms with E-state index >= 15 is 0 Å². The predicted molar refractivity (Wildman–Crippen MR) is 243 cm³/mol. The molecule has 350 valence electrons. The first kappa shape index (κ1) is 53.0. The highest BCUT2D eigenvalue weighted by atomic mass is 32.1. The van der Waals surface area contributed by atoms with Crippen molar-refractivity contribution in [3.05, 3.63) is 36.0 Å². The van der Waals surface area contributed by atoms with Crippen molar-refractivity contribution < 1.29 is 38.7 Å². The van der Waals surface area contributed by atoms with Gasteiger partial charge in [0.15, 0.2) is 11.9 Å². The minimum absolute atomic E-state index is 0.0152. The Labute approximate surface area is 372 Å². The molecule has 18 N–H and O–H groups in total. The van der Waals surface area contributed by atoms with Crippen LogP contribution in [0.2, 0.25) is 0 Å². The maximum Gasteiger partial charge on any atom is 0.326 e. The van der Waals surface area contributed by atoms with E-state index in [4.69, 9.17) is 28.7 Å². The summed E-state index contributed by atoms with van der Waals surface area (Å²) in [5.74, 6) is -6.64. The SMILES string of the molecule is CC[C@H](C)[C@H](NC(=O)[C@@H](N)Cc1c[nH]c2ccccc12)C(=O)N[C@@H](CCCN=C(N)N)C(=O)NCC(=O)N[C@@H](CS)C(=O)N[C@@H](CCCN=C(N)N)C(=O)N[C@@H](CC(C)C)C(=O)O. The lowest BCUT2D eigenvalue weighted by Gasteiger charge is -2.27. The van der Waals surface area contributed by atoms with E-state index < -0.39 is 84.2 Å². The van der Waals surface area contributed by atoms with Crippen LogP contribution >= 0.6 is 12.6 Å². The molecular weight excluding hydrogens is 837 g/mol. The van der Waals surface area contributed by atoms with Crippen LogP contribution in [0.3, 0.4) is 0 Å². The summed E-state index contributed by atoms with van der Waals surface area (Å²) in [5, 5.41) is 25.9. The van der Waals surface area contributed by atoms with E-state index in [9.17, 15) is 38.7 Å². The zero-order valence-corrected chi connectivity index (χ0v) is 37.2. The van der Waals surface area contributed by atoms with Crippen LogP contribution in [-0.2, 0) is 40.0 Å². The van der Waals surface area contributed by atoms with E-state index in [-0.39, 0.29) is 81.1 Å². The Balaban J connectivity index is 2.15. The summed E-state index contributed by atoms with van der Waals surface area (Å²) in [5.41, 5.74) is 29.7. The summed E-state index contributed by atoms with van der Waals surface area (Å²) >= 11 is 4.19. The molecular formula is C40H66N14O8S. The second-order valence-corrected chi connectivity index (χ2v) is 16.0. The van der Waals surface area contributed by atoms with Crippen molar-refractivity contribution in [2.75, 3.05) is 25.4 Å². The minimum Gasteiger partial charge on any atom is -0.480 e. The first-order valence-corrected chi connectivity index (χ1v) is 21.4. The van der Waals surface area contributed by atoms with Crippen molar-refractivity contribution in [1.82, 2.24) is 36.9 Å². The van der Waals surface area contributed by atoms with Gasteiger partial charge in [-0.1, -0.05) is 52.3 Å². The van der Waals surface area contributed by atoms with Gasteiger partial charge in [0.2, 0.25) is 35.4 Å². The summed E-state index contributed by atoms with van der Waals surface area (Å²) < 4.78 is 0. The number of aromatic nitrogens is 1. The van der Waals surface area contributed by atoms with Crippen molar-refractivity contribution in [3.8, 4) is 0 Å². The van der Waals surface area contributed by atoms with Gasteiger partial charge in [-0.2, -0.15) is 12.6 Å². The van der Waals surface area contributed by atoms with Gasteiger partial charge < -0.3 is 70.7 Å². The first-order valence-electron chi connectivity index (χ1n) is 20.8. The Morgan fingerprint density at radius 2 is 1.30 bits per heavy atom. The number of nitrogens with two attached hydrogens (primary N) is 5. The number of fused-ring (bicyclic) bond motifs is 1. The Bertz CT molecular complexity index is 1920. The van der Waals surface area contributed by atoms with Crippen molar-refractivity contribution in [2.45, 2.75) is 109 Å². The fourth-order valence-corrected chi connectivity index (χ4v) is 6.62. The number of para-hydroxylation sites is 1. The molecule has 0 unspecified atom stereocenters. The molecule has 7 atom stereocenters. The number of carbonyl (C=O) groups excluding carboxylic acids is 6. The molecule has 0 saturated carbocycles. The van der Waals surface area contributed by atoms with Crippen molar-refractivity contribution >= 4 is 76.9 Å². The number of benzene rings is 1. The van der Waals surface area contributed by atoms with Crippen LogP contribution in [-0.4, -0.2) is 125 Å². The van der Waals surface area contributed by atoms with E-state index in [1.807, 2.05) is 31.2 Å². The molecule has 2 rings (SSSR count). The van der Waals surface area contributed by atoms with Crippen LogP contribution in [0.15, 0.2) is 40.4 Å². The van der Waals surface area contributed by atoms with Gasteiger partial charge in [0.1, 0.15) is 30.2 Å². The number of carbonyl (C=O) groups is 7. The number of aliphatic imine (C=N–C) groups is 2. The molecule has 63 heavy (non-hydrogen) atoms. The standard InChI is InChI=1S/C40H66N14O8S/c1-5-22(4)32(54-33(56)25(41)17-23-18-48-26-11-7-6-10-24(23)26)37(60)52-27(12-8-14-46-39(42)43)34(57)49-19-31(55)50-30(20-63)36(59)51-28(13-9-15-47-40(44)45)35(58)53-29(38(61)62)16-21(2)3/h6-7,10-11,18,21-22,25,27-30,32,48,63H,5,8-9,12-17,19-20,41H2,1-4H3,(H,49,57)(H,50,55)(H,51,59)(H,52,60)(H,53,58)(H,54,56)(H,61,62)(H4,42,43,46)(H4,44,45,47)/t22-,25-,27-,28-,29-,30-,32-/m0/s1. The summed E-state index contributed by atoms with van der Waals surface area (Å²) in [7, 11) is 0. The molecule has 23 heteroatoms. The Morgan fingerprint density at radius 1 is 0.746 bits per heavy atom. The third-order valence-electron chi connectivity index (χ3n) is 9.98. The molecule has 0 aliphatic carbocycles. The van der Waals surface area contributed by atoms with E-state index in [0.29, 0.717) is 6.42 Å². The lowest BCUT2D eigenvalue weighted by molar-refractivity contribution is -0.142. The molecule has 0 aliphatic heterocycles. The monoisotopic (exact) mass is 902 g/mol. The van der Waals surface area contributed by atoms with Gasteiger partial charge in [0, 0.05) is 35.9 Å². The van der Waals surface area contributed by atoms with Crippen LogP contribution < -0.4 is 60.6 Å². The van der Waals surface area contributed by atoms with Gasteiger partial charge in [-0.25, -0.2) is 4.79 Å². The molecule has 1 heterocycles. The lowest BCUT2D eigenvalue weighted by Crippen LogP contribution is -2.59. The second-order valence-electron chi connectivity index (χ2n) is 15.6. The Hall–Kier alpha value is -6.10. The molecule has 0 bridgehead atoms. The van der Waals surface area contributed by atoms with E-state index in [2.05, 4.69) is 59.5 Å². The number of hydrogen-bond acceptors (Lipinski definition) is 11. The maximum atomic E-state index is 13.8. The Kier molecular flexibility index (Phi) is 22.8. The van der Waals surface area contributed by atoms with Crippen LogP contribution in [0.1, 0.15) is 71.8 Å². The number of carboxylic acid groups (broad SMARTS) is 1. The third kappa shape index (κ3) is 18.8. The average Bonchev–Trinajstić information content (AvgIpc) is 3.64. The number of hydrogen-bond donors (Lipinski definition) is 14. The number of nitrogens with one attached hydrogen (secondary N) is 7. The maximum absolute atomic E-state index is 13.8. The number of aliphatic carboxylic acids is 1. The zero-order chi connectivity index (χ0) is 47.2. The van der Waals surface area contributed by atoms with Gasteiger partial charge in [-0.15, -0.1) is 0 Å². The highest BCUT2D eigenvalue weighted by Gasteiger charge is 2.33. The molecule has 2 aromatic rings. The largest absolute Gasteiger partial charge is 0.480 e. The number of rotatable bonds is 28. The summed E-state index contributed by atoms with van der Waals surface area (Å²) in [6, 6.07) is 0.527. The van der Waals surface area contributed by atoms with Gasteiger partial charge in [-0.3, -0.25) is 38.8 Å². The van der Waals surface area contributed by atoms with Gasteiger partial charge in [-0.05, 0) is 62.0 Å². The molecule has 0 aliphatic rings. The zero-order valence-electron chi connectivity index (χ0n) is 36.3. The molecule has 0 radical (unpaired) electrons. The average molecular weight is 903 g/mol. The summed E-state index contributed by atoms with van der Waals surface area (Å²) in [6.45, 7) is 6.80. The molecule has 1 aromatic carbocycles. The Morgan fingerprint density at radius 3 is 1.86 bits per heavy atom. The smallest absolute Gasteiger partial charge is 0.326 e. The van der Waals surface area contributed by atoms with Crippen molar-refractivity contribution in [3.63, 3.8) is 0 Å². The quantitative estimate of drug-likeness (QED) is 0.0187. The molecule has 22 nitrogen and oxygen atoms in total. The third-order valence-corrected chi connectivity index (χ3v) is 10.3. The summed E-state index contributed by atoms with van der Waals surface area (Å²) in [4.78, 5) is 103.